The lowest BCUT2D eigenvalue weighted by molar-refractivity contribution is 0.281. The first-order valence-corrected chi connectivity index (χ1v) is 6.60. The van der Waals surface area contributed by atoms with E-state index in [1.54, 1.807) is 0 Å². The average Bonchev–Trinajstić information content (AvgIpc) is 2.46. The highest BCUT2D eigenvalue weighted by Crippen LogP contribution is 2.25. The number of thiocarbonyl (C=S) groups is 1. The molecule has 3 heteroatoms. The molecule has 0 aliphatic heterocycles. The minimum Gasteiger partial charge on any atom is -0.392 e. The first-order chi connectivity index (χ1) is 9.28. The first-order valence-electron chi connectivity index (χ1n) is 6.19. The van der Waals surface area contributed by atoms with Crippen LogP contribution in [0.25, 0.3) is 16.5 Å². The highest BCUT2D eigenvalue weighted by Gasteiger charge is 2.11. The summed E-state index contributed by atoms with van der Waals surface area (Å²) >= 11 is 5.15. The van der Waals surface area contributed by atoms with E-state index in [2.05, 4.69) is 11.1 Å². The van der Waals surface area contributed by atoms with Crippen LogP contribution in [0.3, 0.4) is 0 Å². The van der Waals surface area contributed by atoms with Crippen molar-refractivity contribution in [3.05, 3.63) is 59.8 Å². The van der Waals surface area contributed by atoms with E-state index in [0.29, 0.717) is 0 Å². The molecule has 1 aliphatic carbocycles. The Hall–Kier alpha value is -1.84. The number of para-hydroxylation sites is 1. The number of aromatic nitrogens is 1. The van der Waals surface area contributed by atoms with E-state index in [1.807, 2.05) is 42.5 Å². The molecular weight excluding hydrogens is 254 g/mol. The van der Waals surface area contributed by atoms with Crippen molar-refractivity contribution in [1.29, 1.82) is 0 Å². The van der Waals surface area contributed by atoms with Gasteiger partial charge in [-0.3, -0.25) is 0 Å². The Balaban J connectivity index is 2.17. The Labute approximate surface area is 117 Å². The number of allylic oxidation sites excluding steroid dienone is 4. The van der Waals surface area contributed by atoms with E-state index in [0.717, 1.165) is 39.0 Å². The van der Waals surface area contributed by atoms with Crippen LogP contribution in [0.2, 0.25) is 0 Å². The summed E-state index contributed by atoms with van der Waals surface area (Å²) in [5.41, 5.74) is 3.67. The van der Waals surface area contributed by atoms with Gasteiger partial charge >= 0.3 is 0 Å². The van der Waals surface area contributed by atoms with Crippen molar-refractivity contribution in [3.8, 4) is 0 Å². The lowest BCUT2D eigenvalue weighted by Crippen LogP contribution is -2.01. The molecule has 0 saturated heterocycles. The second-order valence-corrected chi connectivity index (χ2v) is 5.03. The molecule has 0 radical (unpaired) electrons. The van der Waals surface area contributed by atoms with E-state index in [4.69, 9.17) is 12.2 Å². The smallest absolute Gasteiger partial charge is 0.0761 e. The summed E-state index contributed by atoms with van der Waals surface area (Å²) < 4.78 is 0. The van der Waals surface area contributed by atoms with Gasteiger partial charge in [0, 0.05) is 22.2 Å². The predicted octanol–water partition coefficient (Wildman–Crippen LogP) is 3.44. The summed E-state index contributed by atoms with van der Waals surface area (Å²) in [5.74, 6) is 0. The fraction of sp³-hybridized carbons (Fsp3) is 0.125. The lowest BCUT2D eigenvalue weighted by Gasteiger charge is -2.12. The molecule has 19 heavy (non-hydrogen) atoms. The number of pyridine rings is 1. The Morgan fingerprint density at radius 1 is 1.21 bits per heavy atom. The van der Waals surface area contributed by atoms with Crippen LogP contribution in [-0.4, -0.2) is 15.0 Å². The zero-order chi connectivity index (χ0) is 13.2. The molecule has 2 aromatic rings. The second-order valence-electron chi connectivity index (χ2n) is 4.51. The zero-order valence-corrected chi connectivity index (χ0v) is 11.2. The number of nitrogens with zero attached hydrogens (tertiary/aromatic N) is 1. The van der Waals surface area contributed by atoms with Crippen LogP contribution < -0.4 is 0 Å². The molecule has 0 fully saturated rings. The molecule has 1 heterocycles. The molecular formula is C16H13NOS. The van der Waals surface area contributed by atoms with Gasteiger partial charge in [-0.2, -0.15) is 0 Å². The quantitative estimate of drug-likeness (QED) is 0.846. The SMILES string of the molecule is OCc1cc2ccccc2nc1C1=CCC(=S)C=C1. The highest BCUT2D eigenvalue weighted by molar-refractivity contribution is 7.80. The van der Waals surface area contributed by atoms with Crippen LogP contribution in [0.5, 0.6) is 0 Å². The maximum atomic E-state index is 9.54. The van der Waals surface area contributed by atoms with E-state index < -0.39 is 0 Å². The number of aliphatic hydroxyl groups is 1. The summed E-state index contributed by atoms with van der Waals surface area (Å²) in [5, 5.41) is 10.6. The number of rotatable bonds is 2. The van der Waals surface area contributed by atoms with E-state index in [9.17, 15) is 5.11 Å². The van der Waals surface area contributed by atoms with Crippen molar-refractivity contribution < 1.29 is 5.11 Å². The maximum absolute atomic E-state index is 9.54. The number of hydrogen-bond donors (Lipinski definition) is 1. The highest BCUT2D eigenvalue weighted by atomic mass is 32.1. The van der Waals surface area contributed by atoms with Crippen LogP contribution in [0.15, 0.2) is 48.6 Å². The Morgan fingerprint density at radius 2 is 2.05 bits per heavy atom. The van der Waals surface area contributed by atoms with Gasteiger partial charge in [0.15, 0.2) is 0 Å². The third kappa shape index (κ3) is 2.35. The van der Waals surface area contributed by atoms with Crippen LogP contribution in [-0.2, 0) is 6.61 Å². The van der Waals surface area contributed by atoms with E-state index in [1.165, 1.54) is 0 Å². The average molecular weight is 267 g/mol. The molecule has 0 atom stereocenters. The van der Waals surface area contributed by atoms with Gasteiger partial charge in [-0.05, 0) is 23.8 Å². The lowest BCUT2D eigenvalue weighted by atomic mass is 9.99. The topological polar surface area (TPSA) is 33.1 Å². The summed E-state index contributed by atoms with van der Waals surface area (Å²) in [6.07, 6.45) is 6.74. The maximum Gasteiger partial charge on any atom is 0.0761 e. The molecule has 0 saturated carbocycles. The molecule has 0 spiro atoms. The Kier molecular flexibility index (Phi) is 3.23. The molecule has 0 amide bonds. The van der Waals surface area contributed by atoms with Crippen LogP contribution in [0, 0.1) is 0 Å². The Morgan fingerprint density at radius 3 is 2.79 bits per heavy atom. The van der Waals surface area contributed by atoms with Gasteiger partial charge in [0.25, 0.3) is 0 Å². The van der Waals surface area contributed by atoms with Crippen molar-refractivity contribution in [2.24, 2.45) is 0 Å². The fourth-order valence-corrected chi connectivity index (χ4v) is 2.39. The van der Waals surface area contributed by atoms with Gasteiger partial charge in [0.1, 0.15) is 0 Å². The van der Waals surface area contributed by atoms with Crippen molar-refractivity contribution in [3.63, 3.8) is 0 Å². The standard InChI is InChI=1S/C16H13NOS/c18-10-13-9-12-3-1-2-4-15(12)17-16(13)11-5-7-14(19)8-6-11/h1-7,9,18H,8,10H2. The summed E-state index contributed by atoms with van der Waals surface area (Å²) in [7, 11) is 0. The third-order valence-electron chi connectivity index (χ3n) is 3.22. The van der Waals surface area contributed by atoms with Crippen LogP contribution in [0.4, 0.5) is 0 Å². The molecule has 3 rings (SSSR count). The third-order valence-corrected chi connectivity index (χ3v) is 3.52. The van der Waals surface area contributed by atoms with Gasteiger partial charge in [-0.1, -0.05) is 42.6 Å². The minimum atomic E-state index is -0.0111. The van der Waals surface area contributed by atoms with Crippen molar-refractivity contribution >= 4 is 33.6 Å². The number of benzene rings is 1. The van der Waals surface area contributed by atoms with Crippen LogP contribution >= 0.6 is 12.2 Å². The minimum absolute atomic E-state index is 0.0111. The molecule has 0 unspecified atom stereocenters. The molecule has 1 aromatic carbocycles. The molecule has 1 N–H and O–H groups in total. The number of fused-ring (bicyclic) bond motifs is 1. The molecule has 94 valence electrons. The second kappa shape index (κ2) is 5.03. The first kappa shape index (κ1) is 12.2. The zero-order valence-electron chi connectivity index (χ0n) is 10.3. The summed E-state index contributed by atoms with van der Waals surface area (Å²) in [6, 6.07) is 9.93. The fourth-order valence-electron chi connectivity index (χ4n) is 2.24. The van der Waals surface area contributed by atoms with Gasteiger partial charge in [-0.15, -0.1) is 0 Å². The van der Waals surface area contributed by atoms with E-state index >= 15 is 0 Å². The van der Waals surface area contributed by atoms with Crippen molar-refractivity contribution in [2.45, 2.75) is 13.0 Å². The van der Waals surface area contributed by atoms with Crippen molar-refractivity contribution in [1.82, 2.24) is 4.98 Å². The van der Waals surface area contributed by atoms with E-state index in [-0.39, 0.29) is 6.61 Å². The van der Waals surface area contributed by atoms with Crippen LogP contribution in [0.1, 0.15) is 17.7 Å². The normalized spacial score (nSPS) is 14.8. The molecule has 2 nitrogen and oxygen atoms in total. The van der Waals surface area contributed by atoms with Gasteiger partial charge in [0.2, 0.25) is 0 Å². The van der Waals surface area contributed by atoms with Gasteiger partial charge < -0.3 is 5.11 Å². The van der Waals surface area contributed by atoms with Crippen molar-refractivity contribution in [2.75, 3.05) is 0 Å². The molecule has 1 aliphatic rings. The largest absolute Gasteiger partial charge is 0.392 e. The monoisotopic (exact) mass is 267 g/mol. The molecule has 0 bridgehead atoms. The number of hydrogen-bond acceptors (Lipinski definition) is 3. The summed E-state index contributed by atoms with van der Waals surface area (Å²) in [6.45, 7) is -0.0111. The Bertz CT molecular complexity index is 716. The summed E-state index contributed by atoms with van der Waals surface area (Å²) in [4.78, 5) is 5.60. The van der Waals surface area contributed by atoms with Gasteiger partial charge in [0.05, 0.1) is 17.8 Å². The van der Waals surface area contributed by atoms with Gasteiger partial charge in [-0.25, -0.2) is 4.98 Å². The number of aliphatic hydroxyl groups excluding tert-OH is 1. The predicted molar refractivity (Wildman–Crippen MR) is 82.0 cm³/mol. The molecule has 1 aromatic heterocycles.